The number of esters is 3. The van der Waals surface area contributed by atoms with Crippen LogP contribution in [0.25, 0.3) is 0 Å². The normalized spacial score (nSPS) is 12.1. The summed E-state index contributed by atoms with van der Waals surface area (Å²) in [6, 6.07) is 0. The van der Waals surface area contributed by atoms with Crippen LogP contribution in [0.5, 0.6) is 0 Å². The lowest BCUT2D eigenvalue weighted by atomic mass is 10.0. The maximum absolute atomic E-state index is 12.9. The number of unbranched alkanes of at least 4 members (excludes halogenated alkanes) is 54. The van der Waals surface area contributed by atoms with E-state index in [0.29, 0.717) is 19.3 Å². The lowest BCUT2D eigenvalue weighted by Gasteiger charge is -2.18. The predicted octanol–water partition coefficient (Wildman–Crippen LogP) is 25.3. The first-order chi connectivity index (χ1) is 40.0. The lowest BCUT2D eigenvalue weighted by molar-refractivity contribution is -0.167. The largest absolute Gasteiger partial charge is 0.462 e. The minimum atomic E-state index is -0.764. The second kappa shape index (κ2) is 70.4. The molecular formula is C75H142O6. The van der Waals surface area contributed by atoms with E-state index in [2.05, 4.69) is 45.1 Å². The fourth-order valence-corrected chi connectivity index (χ4v) is 11.4. The molecule has 0 aromatic heterocycles. The highest BCUT2D eigenvalue weighted by molar-refractivity contribution is 5.71. The Hall–Kier alpha value is -2.11. The van der Waals surface area contributed by atoms with Crippen LogP contribution in [-0.2, 0) is 28.6 Å². The molecule has 0 radical (unpaired) electrons. The van der Waals surface area contributed by atoms with Gasteiger partial charge < -0.3 is 14.2 Å². The van der Waals surface area contributed by atoms with Crippen molar-refractivity contribution >= 4 is 17.9 Å². The maximum atomic E-state index is 12.9. The van der Waals surface area contributed by atoms with Crippen LogP contribution in [0.4, 0.5) is 0 Å². The summed E-state index contributed by atoms with van der Waals surface area (Å²) >= 11 is 0. The van der Waals surface area contributed by atoms with Gasteiger partial charge in [0.15, 0.2) is 6.10 Å². The molecule has 81 heavy (non-hydrogen) atoms. The van der Waals surface area contributed by atoms with E-state index < -0.39 is 6.10 Å². The van der Waals surface area contributed by atoms with Gasteiger partial charge in [-0.15, -0.1) is 0 Å². The van der Waals surface area contributed by atoms with Crippen molar-refractivity contribution in [1.29, 1.82) is 0 Å². The number of ether oxygens (including phenoxy) is 3. The van der Waals surface area contributed by atoms with Gasteiger partial charge in [-0.3, -0.25) is 14.4 Å². The second-order valence-electron chi connectivity index (χ2n) is 25.2. The molecule has 0 aliphatic carbocycles. The van der Waals surface area contributed by atoms with Gasteiger partial charge in [0, 0.05) is 19.3 Å². The predicted molar refractivity (Wildman–Crippen MR) is 353 cm³/mol. The van der Waals surface area contributed by atoms with Gasteiger partial charge in [0.25, 0.3) is 0 Å². The van der Waals surface area contributed by atoms with Gasteiger partial charge in [0.1, 0.15) is 13.2 Å². The summed E-state index contributed by atoms with van der Waals surface area (Å²) in [5.74, 6) is -0.847. The Bertz CT molecular complexity index is 1310. The van der Waals surface area contributed by atoms with Gasteiger partial charge in [-0.1, -0.05) is 373 Å². The zero-order valence-electron chi connectivity index (χ0n) is 55.1. The molecule has 0 aromatic carbocycles. The summed E-state index contributed by atoms with van der Waals surface area (Å²) in [6.45, 7) is 6.63. The van der Waals surface area contributed by atoms with Crippen molar-refractivity contribution in [3.8, 4) is 0 Å². The van der Waals surface area contributed by atoms with Gasteiger partial charge in [-0.25, -0.2) is 0 Å². The Kier molecular flexibility index (Phi) is 68.5. The van der Waals surface area contributed by atoms with Crippen LogP contribution < -0.4 is 0 Å². The molecule has 0 amide bonds. The molecule has 0 saturated heterocycles. The standard InChI is InChI=1S/C75H142O6/c1-4-7-10-13-15-17-19-21-23-25-27-29-31-33-34-35-36-37-38-39-40-42-43-45-47-49-51-53-55-57-59-62-65-68-74(77)80-71-72(70-79-73(76)67-64-61-12-9-6-3)81-75(78)69-66-63-60-58-56-54-52-50-48-46-44-41-32-30-28-26-24-22-20-18-16-14-11-8-5-2/h19,21,25,27,72H,4-18,20,22-24,26,28-71H2,1-3H3/b21-19-,27-25-. The molecule has 478 valence electrons. The molecule has 0 spiro atoms. The van der Waals surface area contributed by atoms with Crippen LogP contribution in [0.2, 0.25) is 0 Å². The molecule has 0 heterocycles. The van der Waals surface area contributed by atoms with Crippen molar-refractivity contribution in [1.82, 2.24) is 0 Å². The quantitative estimate of drug-likeness (QED) is 0.0261. The zero-order chi connectivity index (χ0) is 58.5. The van der Waals surface area contributed by atoms with Crippen molar-refractivity contribution in [2.45, 2.75) is 425 Å². The molecule has 1 atom stereocenters. The highest BCUT2D eigenvalue weighted by Crippen LogP contribution is 2.19. The SMILES string of the molecule is CCCCCCC/C=C\C/C=C\CCCCCCCCCCCCCCCCCCCCCCCC(=O)OCC(COC(=O)CCCCCCC)OC(=O)CCCCCCCCCCCCCCCCCCCCCCCCCCC. The third-order valence-electron chi connectivity index (χ3n) is 17.0. The molecule has 0 bridgehead atoms. The minimum Gasteiger partial charge on any atom is -0.462 e. The van der Waals surface area contributed by atoms with Gasteiger partial charge in [0.2, 0.25) is 0 Å². The first kappa shape index (κ1) is 78.9. The number of hydrogen-bond acceptors (Lipinski definition) is 6. The number of carbonyl (C=O) groups is 3. The highest BCUT2D eigenvalue weighted by atomic mass is 16.6. The monoisotopic (exact) mass is 1140 g/mol. The molecule has 1 unspecified atom stereocenters. The third-order valence-corrected chi connectivity index (χ3v) is 17.0. The lowest BCUT2D eigenvalue weighted by Crippen LogP contribution is -2.30. The summed E-state index contributed by atoms with van der Waals surface area (Å²) in [6.07, 6.45) is 87.2. The molecule has 6 nitrogen and oxygen atoms in total. The average molecular weight is 1140 g/mol. The minimum absolute atomic E-state index is 0.0644. The molecule has 6 heteroatoms. The average Bonchev–Trinajstić information content (AvgIpc) is 3.47. The van der Waals surface area contributed by atoms with Gasteiger partial charge in [0.05, 0.1) is 0 Å². The van der Waals surface area contributed by atoms with E-state index in [1.807, 2.05) is 0 Å². The summed E-state index contributed by atoms with van der Waals surface area (Å²) in [5, 5.41) is 0. The van der Waals surface area contributed by atoms with Crippen LogP contribution in [0.3, 0.4) is 0 Å². The van der Waals surface area contributed by atoms with Crippen molar-refractivity contribution in [3.63, 3.8) is 0 Å². The van der Waals surface area contributed by atoms with Crippen LogP contribution in [0.1, 0.15) is 419 Å². The van der Waals surface area contributed by atoms with Crippen molar-refractivity contribution < 1.29 is 28.6 Å². The Morgan fingerprint density at radius 1 is 0.247 bits per heavy atom. The third kappa shape index (κ3) is 68.6. The number of hydrogen-bond donors (Lipinski definition) is 0. The molecule has 0 fully saturated rings. The fourth-order valence-electron chi connectivity index (χ4n) is 11.4. The van der Waals surface area contributed by atoms with Crippen LogP contribution in [0, 0.1) is 0 Å². The maximum Gasteiger partial charge on any atom is 0.306 e. The number of rotatable bonds is 69. The van der Waals surface area contributed by atoms with Crippen LogP contribution >= 0.6 is 0 Å². The molecule has 0 saturated carbocycles. The second-order valence-corrected chi connectivity index (χ2v) is 25.2. The molecule has 0 rings (SSSR count). The summed E-state index contributed by atoms with van der Waals surface area (Å²) in [4.78, 5) is 38.0. The first-order valence-electron chi connectivity index (χ1n) is 36.8. The Morgan fingerprint density at radius 3 is 0.679 bits per heavy atom. The van der Waals surface area contributed by atoms with E-state index in [1.54, 1.807) is 0 Å². The Balaban J connectivity index is 3.87. The van der Waals surface area contributed by atoms with Gasteiger partial charge >= 0.3 is 17.9 Å². The first-order valence-corrected chi connectivity index (χ1v) is 36.8. The highest BCUT2D eigenvalue weighted by Gasteiger charge is 2.19. The van der Waals surface area contributed by atoms with Gasteiger partial charge in [-0.2, -0.15) is 0 Å². The number of carbonyl (C=O) groups excluding carboxylic acids is 3. The fraction of sp³-hybridized carbons (Fsp3) is 0.907. The molecule has 0 N–H and O–H groups in total. The van der Waals surface area contributed by atoms with Crippen molar-refractivity contribution in [3.05, 3.63) is 24.3 Å². The van der Waals surface area contributed by atoms with Crippen molar-refractivity contribution in [2.75, 3.05) is 13.2 Å². The molecule has 0 aliphatic rings. The summed E-state index contributed by atoms with van der Waals surface area (Å²) in [7, 11) is 0. The topological polar surface area (TPSA) is 78.9 Å². The Morgan fingerprint density at radius 2 is 0.444 bits per heavy atom. The molecular weight excluding hydrogens is 997 g/mol. The Labute approximate surface area is 506 Å². The molecule has 0 aliphatic heterocycles. The van der Waals surface area contributed by atoms with Crippen molar-refractivity contribution in [2.24, 2.45) is 0 Å². The number of allylic oxidation sites excluding steroid dienone is 4. The van der Waals surface area contributed by atoms with E-state index in [4.69, 9.17) is 14.2 Å². The van der Waals surface area contributed by atoms with E-state index in [-0.39, 0.29) is 31.1 Å². The van der Waals surface area contributed by atoms with Gasteiger partial charge in [-0.05, 0) is 51.4 Å². The smallest absolute Gasteiger partial charge is 0.306 e. The summed E-state index contributed by atoms with van der Waals surface area (Å²) < 4.78 is 16.8. The zero-order valence-corrected chi connectivity index (χ0v) is 55.1. The van der Waals surface area contributed by atoms with Crippen LogP contribution in [0.15, 0.2) is 24.3 Å². The summed E-state index contributed by atoms with van der Waals surface area (Å²) in [5.41, 5.74) is 0. The van der Waals surface area contributed by atoms with E-state index in [9.17, 15) is 14.4 Å². The van der Waals surface area contributed by atoms with E-state index in [1.165, 1.54) is 308 Å². The van der Waals surface area contributed by atoms with E-state index >= 15 is 0 Å². The van der Waals surface area contributed by atoms with E-state index in [0.717, 1.165) is 70.6 Å². The molecule has 0 aromatic rings. The van der Waals surface area contributed by atoms with Crippen LogP contribution in [-0.4, -0.2) is 37.2 Å².